The molecule has 0 bridgehead atoms. The van der Waals surface area contributed by atoms with Crippen LogP contribution in [-0.2, 0) is 51.9 Å². The molecule has 0 amide bonds. The first-order chi connectivity index (χ1) is 71.3. The Labute approximate surface area is 860 Å². The molecule has 0 radical (unpaired) electrons. The van der Waals surface area contributed by atoms with Crippen molar-refractivity contribution in [3.63, 3.8) is 0 Å². The topological polar surface area (TPSA) is 19.7 Å². The van der Waals surface area contributed by atoms with Gasteiger partial charge in [-0.1, -0.05) is 427 Å². The molecule has 0 fully saturated rings. The third-order valence-electron chi connectivity index (χ3n) is 27.8. The molecular weight excluding hydrogens is 1740 g/mol. The summed E-state index contributed by atoms with van der Waals surface area (Å²) in [5, 5.41) is 32.5. The largest absolute Gasteiger partial charge is 0.341 e. The minimum atomic E-state index is 0.967. The fourth-order valence-electron chi connectivity index (χ4n) is 22.5. The van der Waals surface area contributed by atoms with Crippen LogP contribution in [0.4, 0.5) is 0 Å². The predicted molar refractivity (Wildman–Crippen MR) is 650 cm³/mol. The molecule has 0 unspecified atom stereocenters. The van der Waals surface area contributed by atoms with E-state index in [-0.39, 0.29) is 0 Å². The summed E-state index contributed by atoms with van der Waals surface area (Å²) in [6.07, 6.45) is 4.09. The average Bonchev–Trinajstić information content (AvgIpc) is 1.57. The summed E-state index contributed by atoms with van der Waals surface area (Å²) >= 11 is 0. The molecule has 4 aliphatic rings. The molecule has 144 heavy (non-hydrogen) atoms. The molecule has 20 aromatic carbocycles. The van der Waals surface area contributed by atoms with Gasteiger partial charge in [0.2, 0.25) is 0 Å². The number of nitrogens with zero attached hydrogens (tertiary/aromatic N) is 4. The minimum Gasteiger partial charge on any atom is -0.341 e. The first-order valence-electron chi connectivity index (χ1n) is 55.2. The van der Waals surface area contributed by atoms with E-state index in [1.54, 1.807) is 0 Å². The Morgan fingerprint density at radius 2 is 0.431 bits per heavy atom. The monoisotopic (exact) mass is 1890 g/mol. The van der Waals surface area contributed by atoms with E-state index in [1.807, 2.05) is 166 Å². The zero-order chi connectivity index (χ0) is 103. The molecule has 0 aliphatic heterocycles. The quantitative estimate of drug-likeness (QED) is 0.167. The highest BCUT2D eigenvalue weighted by molar-refractivity contribution is 6.25. The van der Waals surface area contributed by atoms with Gasteiger partial charge in [0.25, 0.3) is 0 Å². The molecule has 0 spiro atoms. The van der Waals surface area contributed by atoms with Crippen LogP contribution in [0.1, 0.15) is 238 Å². The van der Waals surface area contributed by atoms with Crippen molar-refractivity contribution in [2.24, 2.45) is 0 Å². The van der Waals surface area contributed by atoms with Gasteiger partial charge < -0.3 is 18.3 Å². The van der Waals surface area contributed by atoms with Crippen LogP contribution in [0.5, 0.6) is 0 Å². The van der Waals surface area contributed by atoms with Crippen LogP contribution in [0.3, 0.4) is 0 Å². The predicted octanol–water partition coefficient (Wildman–Crippen LogP) is 43.1. The molecule has 4 aliphatic carbocycles. The van der Waals surface area contributed by atoms with E-state index in [4.69, 9.17) is 0 Å². The lowest BCUT2D eigenvalue weighted by molar-refractivity contribution is 0.827. The Bertz CT molecular complexity index is 8540. The molecule has 4 heteroatoms. The first-order valence-corrected chi connectivity index (χ1v) is 55.2. The van der Waals surface area contributed by atoms with Crippen LogP contribution < -0.4 is 0 Å². The van der Waals surface area contributed by atoms with E-state index < -0.39 is 0 Å². The van der Waals surface area contributed by atoms with E-state index in [2.05, 4.69) is 386 Å². The fraction of sp³-hybridized carbons (Fsp3) is 0.257. The van der Waals surface area contributed by atoms with Gasteiger partial charge in [-0.25, -0.2) is 0 Å². The van der Waals surface area contributed by atoms with E-state index >= 15 is 0 Å². The normalized spacial score (nSPS) is 11.2. The number of fused-ring (bicyclic) bond motifs is 38. The van der Waals surface area contributed by atoms with Gasteiger partial charge in [-0.2, -0.15) is 0 Å². The highest BCUT2D eigenvalue weighted by Crippen LogP contribution is 2.51. The molecule has 4 heterocycles. The van der Waals surface area contributed by atoms with E-state index in [9.17, 15) is 0 Å². The van der Waals surface area contributed by atoms with Gasteiger partial charge in [0, 0.05) is 113 Å². The summed E-state index contributed by atoms with van der Waals surface area (Å²) in [4.78, 5) is 0. The summed E-state index contributed by atoms with van der Waals surface area (Å²) in [5.74, 6) is 0. The number of aryl methyl sites for hydroxylation is 4. The van der Waals surface area contributed by atoms with Crippen molar-refractivity contribution < 1.29 is 0 Å². The fourth-order valence-corrected chi connectivity index (χ4v) is 22.5. The van der Waals surface area contributed by atoms with Gasteiger partial charge in [-0.3, -0.25) is 0 Å². The lowest BCUT2D eigenvalue weighted by Crippen LogP contribution is -1.94. The number of hydrogen-bond acceptors (Lipinski definition) is 0. The lowest BCUT2D eigenvalue weighted by atomic mass is 9.97. The van der Waals surface area contributed by atoms with Crippen LogP contribution in [0.2, 0.25) is 0 Å². The zero-order valence-corrected chi connectivity index (χ0v) is 91.8. The van der Waals surface area contributed by atoms with Gasteiger partial charge in [0.1, 0.15) is 0 Å². The SMILES string of the molecule is CC.CC.CC.CC.CC.CC.CC.CC.CC.CC.CC.CC.CCn1c2cc3c(cc2c2c4ccccc4ccc21)Cc1c-3ccc2ccccc12.CCn1c2cc3c(cc2c2c4ccccc4ccc21)Cc1ccc2ccccc2c1-3.CCn1c2cc3c(cc2c2cc4ccccc4cc21)Cc1cc2ccccc2cc1-3.CCn1c2cc3c(cc2c2ccc4ccccc4c21)Cc1ccc2ccccc2c1-3. The second kappa shape index (κ2) is 49.6. The number of benzene rings is 20. The Hall–Kier alpha value is -14.3. The molecular formula is C140H156N4. The highest BCUT2D eigenvalue weighted by Gasteiger charge is 2.30. The van der Waals surface area contributed by atoms with Crippen molar-refractivity contribution >= 4 is 173 Å². The summed E-state index contributed by atoms with van der Waals surface area (Å²) < 4.78 is 9.96. The Morgan fingerprint density at radius 1 is 0.160 bits per heavy atom. The van der Waals surface area contributed by atoms with Gasteiger partial charge in [0.05, 0.1) is 5.52 Å². The molecule has 28 rings (SSSR count). The van der Waals surface area contributed by atoms with Gasteiger partial charge in [-0.05, 0) is 302 Å². The van der Waals surface area contributed by atoms with Gasteiger partial charge in [0.15, 0.2) is 0 Å². The Kier molecular flexibility index (Phi) is 36.8. The highest BCUT2D eigenvalue weighted by atomic mass is 15.0. The van der Waals surface area contributed by atoms with Crippen LogP contribution >= 0.6 is 0 Å². The van der Waals surface area contributed by atoms with Crippen LogP contribution in [0.25, 0.3) is 218 Å². The number of hydrogen-bond donors (Lipinski definition) is 0. The lowest BCUT2D eigenvalue weighted by Gasteiger charge is -2.09. The van der Waals surface area contributed by atoms with Crippen LogP contribution in [0.15, 0.2) is 340 Å². The van der Waals surface area contributed by atoms with Gasteiger partial charge >= 0.3 is 0 Å². The van der Waals surface area contributed by atoms with E-state index in [0.717, 1.165) is 51.9 Å². The summed E-state index contributed by atoms with van der Waals surface area (Å²) in [6, 6.07) is 127. The Balaban J connectivity index is 0.000000150. The minimum absolute atomic E-state index is 0.967. The third-order valence-corrected chi connectivity index (χ3v) is 27.8. The molecule has 0 saturated heterocycles. The molecule has 736 valence electrons. The summed E-state index contributed by atoms with van der Waals surface area (Å²) in [5.41, 5.74) is 33.8. The smallest absolute Gasteiger partial charge is 0.0570 e. The molecule has 0 atom stereocenters. The van der Waals surface area contributed by atoms with Gasteiger partial charge in [-0.15, -0.1) is 0 Å². The number of aromatic nitrogens is 4. The molecule has 4 nitrogen and oxygen atoms in total. The van der Waals surface area contributed by atoms with Crippen molar-refractivity contribution in [1.82, 2.24) is 18.3 Å². The van der Waals surface area contributed by atoms with Crippen molar-refractivity contribution in [3.8, 4) is 44.5 Å². The maximum Gasteiger partial charge on any atom is 0.0570 e. The van der Waals surface area contributed by atoms with Crippen molar-refractivity contribution in [1.29, 1.82) is 0 Å². The van der Waals surface area contributed by atoms with Crippen molar-refractivity contribution in [2.75, 3.05) is 0 Å². The third kappa shape index (κ3) is 19.1. The zero-order valence-electron chi connectivity index (χ0n) is 91.8. The maximum absolute atomic E-state index is 2.51. The first kappa shape index (κ1) is 107. The summed E-state index contributed by atoms with van der Waals surface area (Å²) in [7, 11) is 0. The van der Waals surface area contributed by atoms with Crippen molar-refractivity contribution in [3.05, 3.63) is 384 Å². The van der Waals surface area contributed by atoms with Crippen LogP contribution in [0, 0.1) is 0 Å². The second-order valence-electron chi connectivity index (χ2n) is 33.9. The molecule has 24 aromatic rings. The van der Waals surface area contributed by atoms with E-state index in [0.29, 0.717) is 0 Å². The Morgan fingerprint density at radius 3 is 0.889 bits per heavy atom. The second-order valence-corrected chi connectivity index (χ2v) is 33.9. The standard InChI is InChI=1S/4C29H21N.12C2H6/c1-2-30-27-14-12-19-8-4-6-10-22(19)29(27)26-16-20-15-25-21-9-5-3-7-18(21)11-13-23(25)24(20)17-28(26)30;1-2-30-26-14-13-19-8-4-6-10-23(19)29(26)25-16-21-15-20-12-11-18-7-3-5-9-22(18)28(20)24(21)17-27(25)30;1-2-30-27-17-25-21(15-20-12-11-18-7-3-5-9-22(18)28(20)25)16-26(27)24-14-13-19-8-4-6-10-23(19)29(24)30;1-2-30-28-16-21-10-6-5-9-20(21)14-26(28)27-15-23-12-22-11-18-7-3-4-8-19(18)13-24(22)25(23)17-29(27)30;12*1-2/h3*3-14,16-17H,2,15H2,1H3;3-11,13-17H,2,12H2,1H3;12*1-2H3. The molecule has 0 saturated carbocycles. The molecule has 0 N–H and O–H groups in total. The number of rotatable bonds is 4. The van der Waals surface area contributed by atoms with Crippen molar-refractivity contribution in [2.45, 2.75) is 246 Å². The van der Waals surface area contributed by atoms with Crippen LogP contribution in [-0.4, -0.2) is 18.3 Å². The average molecular weight is 1890 g/mol. The van der Waals surface area contributed by atoms with E-state index in [1.165, 1.54) is 262 Å². The summed E-state index contributed by atoms with van der Waals surface area (Å²) in [6.45, 7) is 60.9. The molecule has 4 aromatic heterocycles. The maximum atomic E-state index is 2.51.